The van der Waals surface area contributed by atoms with Gasteiger partial charge in [-0.1, -0.05) is 18.1 Å². The van der Waals surface area contributed by atoms with Crippen molar-refractivity contribution < 1.29 is 27.8 Å². The fraction of sp³-hybridized carbons (Fsp3) is 0.469. The van der Waals surface area contributed by atoms with Crippen LogP contribution in [0.2, 0.25) is 0 Å². The average Bonchev–Trinajstić information content (AvgIpc) is 3.85. The van der Waals surface area contributed by atoms with Gasteiger partial charge in [-0.15, -0.1) is 6.42 Å². The smallest absolute Gasteiger partial charge is 0.349 e. The van der Waals surface area contributed by atoms with Crippen LogP contribution in [0.5, 0.6) is 0 Å². The van der Waals surface area contributed by atoms with Gasteiger partial charge in [0, 0.05) is 44.6 Å². The number of rotatable bonds is 9. The van der Waals surface area contributed by atoms with Gasteiger partial charge in [-0.25, -0.2) is 9.18 Å². The number of amides is 1. The molecule has 8 nitrogen and oxygen atoms in total. The molecule has 2 aromatic carbocycles. The minimum absolute atomic E-state index is 0.00154. The summed E-state index contributed by atoms with van der Waals surface area (Å²) in [7, 11) is 1.65. The average molecular weight is 597 g/mol. The quantitative estimate of drug-likeness (QED) is 0.345. The number of nitrogens with one attached hydrogen (secondary N) is 1. The molecular formula is C32H35F3N4O4. The van der Waals surface area contributed by atoms with E-state index in [2.05, 4.69) is 16.2 Å². The molecule has 2 fully saturated rings. The van der Waals surface area contributed by atoms with Gasteiger partial charge in [0.1, 0.15) is 24.3 Å². The number of aliphatic hydroxyl groups excluding tert-OH is 1. The second-order valence-electron chi connectivity index (χ2n) is 11.2. The zero-order valence-corrected chi connectivity index (χ0v) is 24.4. The molecule has 1 saturated carbocycles. The van der Waals surface area contributed by atoms with Gasteiger partial charge in [0.15, 0.2) is 0 Å². The normalized spacial score (nSPS) is 17.5. The van der Waals surface area contributed by atoms with Crippen LogP contribution < -0.4 is 11.0 Å². The van der Waals surface area contributed by atoms with Crippen molar-refractivity contribution in [3.05, 3.63) is 68.9 Å². The first-order valence-corrected chi connectivity index (χ1v) is 14.4. The van der Waals surface area contributed by atoms with Gasteiger partial charge in [-0.2, -0.15) is 13.8 Å². The number of likely N-dealkylation sites (tertiary alicyclic amines) is 1. The number of alkyl halides is 2. The van der Waals surface area contributed by atoms with E-state index in [1.54, 1.807) is 23.5 Å². The summed E-state index contributed by atoms with van der Waals surface area (Å²) in [6.07, 6.45) is 8.91. The molecule has 5 rings (SSSR count). The van der Waals surface area contributed by atoms with Crippen LogP contribution in [0.3, 0.4) is 0 Å². The molecule has 1 atom stereocenters. The number of aliphatic hydroxyl groups is 1. The second-order valence-corrected chi connectivity index (χ2v) is 11.2. The first-order valence-electron chi connectivity index (χ1n) is 14.4. The molecule has 0 unspecified atom stereocenters. The van der Waals surface area contributed by atoms with Gasteiger partial charge in [0.2, 0.25) is 5.91 Å². The minimum atomic E-state index is -3.81. The topological polar surface area (TPSA) is 96.7 Å². The molecular weight excluding hydrogens is 561 g/mol. The number of ether oxygens (including phenoxy) is 1. The number of aromatic nitrogens is 2. The highest BCUT2D eigenvalue weighted by Gasteiger charge is 2.42. The molecule has 2 aliphatic rings. The van der Waals surface area contributed by atoms with Gasteiger partial charge in [-0.05, 0) is 67.9 Å². The Labute approximate surface area is 247 Å². The number of hydrogen-bond acceptors (Lipinski definition) is 6. The van der Waals surface area contributed by atoms with E-state index in [1.807, 2.05) is 19.1 Å². The molecule has 0 bridgehead atoms. The Morgan fingerprint density at radius 3 is 2.56 bits per heavy atom. The Morgan fingerprint density at radius 2 is 2.00 bits per heavy atom. The van der Waals surface area contributed by atoms with Crippen LogP contribution in [0, 0.1) is 18.2 Å². The molecule has 1 saturated heterocycles. The highest BCUT2D eigenvalue weighted by molar-refractivity contribution is 5.91. The molecule has 228 valence electrons. The van der Waals surface area contributed by atoms with Crippen LogP contribution in [-0.4, -0.2) is 52.3 Å². The SMILES string of the molecule is C#C[C@@H](Nc1nc(=O)n(CC)c2cc(C3CC3)c(C3(OC)CCN(C(C)=O)CC3)cc12)c1cccc(C(F)(F)CO)c1F. The summed E-state index contributed by atoms with van der Waals surface area (Å²) in [5, 5.41) is 12.6. The third kappa shape index (κ3) is 5.50. The zero-order valence-electron chi connectivity index (χ0n) is 24.4. The molecule has 2 heterocycles. The molecule has 1 aliphatic carbocycles. The third-order valence-electron chi connectivity index (χ3n) is 8.76. The predicted octanol–water partition coefficient (Wildman–Crippen LogP) is 4.79. The number of halogens is 3. The fourth-order valence-corrected chi connectivity index (χ4v) is 6.13. The van der Waals surface area contributed by atoms with Crippen molar-refractivity contribution >= 4 is 22.6 Å². The van der Waals surface area contributed by atoms with Crippen molar-refractivity contribution in [2.24, 2.45) is 0 Å². The third-order valence-corrected chi connectivity index (χ3v) is 8.76. The van der Waals surface area contributed by atoms with Crippen molar-refractivity contribution in [2.75, 3.05) is 32.1 Å². The van der Waals surface area contributed by atoms with E-state index < -0.39 is 41.2 Å². The predicted molar refractivity (Wildman–Crippen MR) is 156 cm³/mol. The first-order chi connectivity index (χ1) is 20.5. The van der Waals surface area contributed by atoms with Crippen molar-refractivity contribution in [1.82, 2.24) is 14.5 Å². The number of terminal acetylenes is 1. The van der Waals surface area contributed by atoms with Crippen LogP contribution in [0.15, 0.2) is 35.1 Å². The lowest BCUT2D eigenvalue weighted by atomic mass is 9.79. The number of hydrogen-bond donors (Lipinski definition) is 2. The molecule has 11 heteroatoms. The van der Waals surface area contributed by atoms with Gasteiger partial charge in [0.25, 0.3) is 5.92 Å². The lowest BCUT2D eigenvalue weighted by Crippen LogP contribution is -2.45. The summed E-state index contributed by atoms with van der Waals surface area (Å²) < 4.78 is 51.7. The highest BCUT2D eigenvalue weighted by atomic mass is 19.3. The number of aryl methyl sites for hydroxylation is 1. The van der Waals surface area contributed by atoms with Gasteiger partial charge >= 0.3 is 5.69 Å². The first kappa shape index (κ1) is 30.6. The Bertz CT molecular complexity index is 1650. The Kier molecular flexibility index (Phi) is 8.29. The molecule has 0 spiro atoms. The maximum atomic E-state index is 15.4. The lowest BCUT2D eigenvalue weighted by Gasteiger charge is -2.42. The standard InChI is InChI=1S/C32H35F3N4O4/c1-5-26(21-8-7-9-24(28(21)33)32(34,35)18-40)36-29-23-16-25(31(43-4)12-14-38(15-13-31)19(3)41)22(20-10-11-20)17-27(23)39(6-2)30(42)37-29/h1,7-9,16-17,20,26,40H,6,10-15,18H2,2-4H3,(H,36,37,42)/t26-/m1/s1. The van der Waals surface area contributed by atoms with E-state index in [1.165, 1.54) is 12.1 Å². The van der Waals surface area contributed by atoms with Crippen LogP contribution in [0.25, 0.3) is 10.9 Å². The molecule has 0 radical (unpaired) electrons. The maximum absolute atomic E-state index is 15.4. The monoisotopic (exact) mass is 596 g/mol. The van der Waals surface area contributed by atoms with E-state index in [0.29, 0.717) is 49.3 Å². The van der Waals surface area contributed by atoms with Gasteiger partial charge in [0.05, 0.1) is 16.7 Å². The molecule has 1 aliphatic heterocycles. The summed E-state index contributed by atoms with van der Waals surface area (Å²) in [4.78, 5) is 31.3. The Hall–Kier alpha value is -3.88. The van der Waals surface area contributed by atoms with Crippen molar-refractivity contribution in [3.63, 3.8) is 0 Å². The van der Waals surface area contributed by atoms with E-state index in [-0.39, 0.29) is 17.3 Å². The molecule has 1 aromatic heterocycles. The highest BCUT2D eigenvalue weighted by Crippen LogP contribution is 2.49. The maximum Gasteiger partial charge on any atom is 0.349 e. The summed E-state index contributed by atoms with van der Waals surface area (Å²) in [6, 6.07) is 6.08. The number of nitrogens with zero attached hydrogens (tertiary/aromatic N) is 3. The zero-order chi connectivity index (χ0) is 31.1. The van der Waals surface area contributed by atoms with Crippen LogP contribution in [0.4, 0.5) is 19.0 Å². The summed E-state index contributed by atoms with van der Waals surface area (Å²) in [5.74, 6) is -2.28. The van der Waals surface area contributed by atoms with Crippen LogP contribution in [0.1, 0.15) is 73.7 Å². The minimum Gasteiger partial charge on any atom is -0.390 e. The molecule has 1 amide bonds. The van der Waals surface area contributed by atoms with E-state index >= 15 is 4.39 Å². The van der Waals surface area contributed by atoms with E-state index in [4.69, 9.17) is 16.3 Å². The Balaban J connectivity index is 1.67. The van der Waals surface area contributed by atoms with Gasteiger partial charge in [-0.3, -0.25) is 9.36 Å². The van der Waals surface area contributed by atoms with E-state index in [9.17, 15) is 18.4 Å². The number of methoxy groups -OCH3 is 1. The number of carbonyl (C=O) groups is 1. The number of carbonyl (C=O) groups excluding carboxylic acids is 1. The molecule has 2 N–H and O–H groups in total. The Morgan fingerprint density at radius 1 is 1.30 bits per heavy atom. The van der Waals surface area contributed by atoms with Gasteiger partial charge < -0.3 is 20.1 Å². The summed E-state index contributed by atoms with van der Waals surface area (Å²) in [6.45, 7) is 3.21. The number of benzene rings is 2. The van der Waals surface area contributed by atoms with Crippen molar-refractivity contribution in [2.45, 2.75) is 69.6 Å². The van der Waals surface area contributed by atoms with Crippen molar-refractivity contribution in [3.8, 4) is 12.3 Å². The fourth-order valence-electron chi connectivity index (χ4n) is 6.13. The lowest BCUT2D eigenvalue weighted by molar-refractivity contribution is -0.135. The molecule has 43 heavy (non-hydrogen) atoms. The largest absolute Gasteiger partial charge is 0.390 e. The van der Waals surface area contributed by atoms with E-state index in [0.717, 1.165) is 30.0 Å². The summed E-state index contributed by atoms with van der Waals surface area (Å²) >= 11 is 0. The van der Waals surface area contributed by atoms with Crippen molar-refractivity contribution in [1.29, 1.82) is 0 Å². The number of anilines is 1. The number of piperidine rings is 1. The molecule has 3 aromatic rings. The summed E-state index contributed by atoms with van der Waals surface area (Å²) in [5.41, 5.74) is 0.159. The van der Waals surface area contributed by atoms with Crippen LogP contribution >= 0.6 is 0 Å². The number of fused-ring (bicyclic) bond motifs is 1. The van der Waals surface area contributed by atoms with Crippen LogP contribution in [-0.2, 0) is 27.6 Å². The second kappa shape index (κ2) is 11.7.